The second kappa shape index (κ2) is 17.6. The lowest BCUT2D eigenvalue weighted by molar-refractivity contribution is -0.141. The molecule has 2 aromatic rings. The number of nitrogens with one attached hydrogen (secondary N) is 5. The molecule has 0 unspecified atom stereocenters. The van der Waals surface area contributed by atoms with Crippen molar-refractivity contribution in [3.8, 4) is 0 Å². The van der Waals surface area contributed by atoms with Gasteiger partial charge < -0.3 is 37.5 Å². The van der Waals surface area contributed by atoms with Gasteiger partial charge >= 0.3 is 5.97 Å². The number of carboxylic acid groups (broad SMARTS) is 1. The Morgan fingerprint density at radius 3 is 2.14 bits per heavy atom. The van der Waals surface area contributed by atoms with Gasteiger partial charge in [-0.1, -0.05) is 32.0 Å². The first-order valence-corrected chi connectivity index (χ1v) is 14.5. The van der Waals surface area contributed by atoms with Gasteiger partial charge in [0.1, 0.15) is 18.1 Å². The first-order chi connectivity index (χ1) is 20.9. The molecular weight excluding hydrogens is 574 g/mol. The minimum atomic E-state index is -1.61. The summed E-state index contributed by atoms with van der Waals surface area (Å²) in [6.07, 6.45) is 1.95. The quantitative estimate of drug-likeness (QED) is 0.0574. The van der Waals surface area contributed by atoms with E-state index in [-0.39, 0.29) is 31.6 Å². The molecule has 1 aromatic heterocycles. The summed E-state index contributed by atoms with van der Waals surface area (Å²) in [5.74, 6) is -6.36. The predicted molar refractivity (Wildman–Crippen MR) is 160 cm³/mol. The lowest BCUT2D eigenvalue weighted by Gasteiger charge is -2.26. The van der Waals surface area contributed by atoms with Crippen molar-refractivity contribution in [2.45, 2.75) is 76.9 Å². The van der Waals surface area contributed by atoms with Crippen molar-refractivity contribution < 1.29 is 39.1 Å². The highest BCUT2D eigenvalue weighted by Crippen LogP contribution is 2.21. The molecule has 4 atom stereocenters. The summed E-state index contributed by atoms with van der Waals surface area (Å²) >= 11 is 0. The van der Waals surface area contributed by atoms with Crippen molar-refractivity contribution in [3.05, 3.63) is 36.0 Å². The van der Waals surface area contributed by atoms with Crippen LogP contribution in [0.3, 0.4) is 0 Å². The fourth-order valence-electron chi connectivity index (χ4n) is 4.85. The third-order valence-corrected chi connectivity index (χ3v) is 7.03. The molecule has 0 aliphatic rings. The summed E-state index contributed by atoms with van der Waals surface area (Å²) in [7, 11) is 0. The van der Waals surface area contributed by atoms with E-state index in [4.69, 9.17) is 16.7 Å². The summed E-state index contributed by atoms with van der Waals surface area (Å²) in [6.45, 7) is 4.05. The molecule has 0 saturated carbocycles. The van der Waals surface area contributed by atoms with Gasteiger partial charge in [-0.2, -0.15) is 0 Å². The maximum atomic E-state index is 13.7. The van der Waals surface area contributed by atoms with Crippen molar-refractivity contribution >= 4 is 46.4 Å². The summed E-state index contributed by atoms with van der Waals surface area (Å²) in [5, 5.41) is 26.7. The molecule has 0 spiro atoms. The maximum absolute atomic E-state index is 13.7. The first kappa shape index (κ1) is 35.7. The van der Waals surface area contributed by atoms with Crippen LogP contribution >= 0.6 is 0 Å². The van der Waals surface area contributed by atoms with Crippen molar-refractivity contribution in [1.82, 2.24) is 26.4 Å². The number of primary amides is 1. The SMILES string of the molecule is CC(C)C[C@H](CC(=O)NO)C(=O)N[C@@H](Cc1c[nH]c2ccccc12)C(=O)N[C@@H](CC(=O)O)C(=O)N[C@@H](CCCCN)C(N)=O. The van der Waals surface area contributed by atoms with Crippen molar-refractivity contribution in [1.29, 1.82) is 0 Å². The third-order valence-electron chi connectivity index (χ3n) is 7.03. The van der Waals surface area contributed by atoms with E-state index in [0.717, 1.165) is 10.9 Å². The Balaban J connectivity index is 2.36. The van der Waals surface area contributed by atoms with E-state index in [1.54, 1.807) is 12.3 Å². The van der Waals surface area contributed by atoms with Crippen LogP contribution in [0.4, 0.5) is 0 Å². The number of carbonyl (C=O) groups excluding carboxylic acids is 5. The van der Waals surface area contributed by atoms with E-state index in [9.17, 15) is 33.9 Å². The zero-order valence-electron chi connectivity index (χ0n) is 24.9. The fraction of sp³-hybridized carbons (Fsp3) is 0.517. The molecule has 0 fully saturated rings. The van der Waals surface area contributed by atoms with Gasteiger partial charge in [-0.25, -0.2) is 5.48 Å². The molecule has 11 N–H and O–H groups in total. The van der Waals surface area contributed by atoms with Gasteiger partial charge in [0.05, 0.1) is 6.42 Å². The van der Waals surface area contributed by atoms with E-state index < -0.39 is 66.0 Å². The van der Waals surface area contributed by atoms with Crippen molar-refractivity contribution in [3.63, 3.8) is 0 Å². The van der Waals surface area contributed by atoms with Gasteiger partial charge in [-0.05, 0) is 49.8 Å². The first-order valence-electron chi connectivity index (χ1n) is 14.5. The van der Waals surface area contributed by atoms with Gasteiger partial charge in [0.2, 0.25) is 29.5 Å². The van der Waals surface area contributed by atoms with Gasteiger partial charge in [0.25, 0.3) is 0 Å². The Kier molecular flexibility index (Phi) is 14.3. The molecule has 5 amide bonds. The zero-order valence-corrected chi connectivity index (χ0v) is 24.9. The molecule has 1 aromatic carbocycles. The smallest absolute Gasteiger partial charge is 0.305 e. The lowest BCUT2D eigenvalue weighted by atomic mass is 9.92. The van der Waals surface area contributed by atoms with E-state index >= 15 is 0 Å². The highest BCUT2D eigenvalue weighted by molar-refractivity contribution is 5.96. The number of benzene rings is 1. The Labute approximate surface area is 254 Å². The fourth-order valence-corrected chi connectivity index (χ4v) is 4.85. The summed E-state index contributed by atoms with van der Waals surface area (Å²) in [5.41, 5.74) is 13.8. The minimum Gasteiger partial charge on any atom is -0.481 e. The molecule has 2 rings (SSSR count). The average molecular weight is 618 g/mol. The van der Waals surface area contributed by atoms with Crippen LogP contribution in [0.5, 0.6) is 0 Å². The van der Waals surface area contributed by atoms with E-state index in [1.165, 1.54) is 5.48 Å². The number of hydrogen-bond acceptors (Lipinski definition) is 8. The van der Waals surface area contributed by atoms with Crippen LogP contribution in [0.25, 0.3) is 10.9 Å². The predicted octanol–water partition coefficient (Wildman–Crippen LogP) is -0.188. The molecule has 15 heteroatoms. The molecule has 0 aliphatic carbocycles. The molecule has 15 nitrogen and oxygen atoms in total. The molecule has 0 bridgehead atoms. The van der Waals surface area contributed by atoms with Crippen LogP contribution in [0.15, 0.2) is 30.5 Å². The van der Waals surface area contributed by atoms with E-state index in [1.807, 2.05) is 32.0 Å². The van der Waals surface area contributed by atoms with Crippen LogP contribution in [-0.4, -0.2) is 75.5 Å². The second-order valence-electron chi connectivity index (χ2n) is 11.1. The zero-order chi connectivity index (χ0) is 32.8. The number of hydrogen-bond donors (Lipinski definition) is 9. The van der Waals surface area contributed by atoms with Crippen LogP contribution in [0, 0.1) is 11.8 Å². The van der Waals surface area contributed by atoms with Crippen molar-refractivity contribution in [2.24, 2.45) is 23.3 Å². The molecular formula is C29H43N7O8. The number of hydroxylamine groups is 1. The topological polar surface area (TPSA) is 259 Å². The maximum Gasteiger partial charge on any atom is 0.305 e. The number of carbonyl (C=O) groups is 6. The largest absolute Gasteiger partial charge is 0.481 e. The van der Waals surface area contributed by atoms with Gasteiger partial charge in [0.15, 0.2) is 0 Å². The molecule has 0 aliphatic heterocycles. The minimum absolute atomic E-state index is 0.00941. The summed E-state index contributed by atoms with van der Waals surface area (Å²) < 4.78 is 0. The monoisotopic (exact) mass is 617 g/mol. The number of nitrogens with two attached hydrogens (primary N) is 2. The average Bonchev–Trinajstić information content (AvgIpc) is 3.37. The number of aromatic amines is 1. The summed E-state index contributed by atoms with van der Waals surface area (Å²) in [6, 6.07) is 3.25. The van der Waals surface area contributed by atoms with Gasteiger partial charge in [-0.3, -0.25) is 34.0 Å². The van der Waals surface area contributed by atoms with Crippen LogP contribution < -0.4 is 32.9 Å². The Morgan fingerprint density at radius 2 is 1.52 bits per heavy atom. The summed E-state index contributed by atoms with van der Waals surface area (Å²) in [4.78, 5) is 78.7. The second-order valence-corrected chi connectivity index (χ2v) is 11.1. The number of aliphatic carboxylic acids is 1. The lowest BCUT2D eigenvalue weighted by Crippen LogP contribution is -2.57. The molecule has 242 valence electrons. The number of aromatic nitrogens is 1. The van der Waals surface area contributed by atoms with Crippen LogP contribution in [0.2, 0.25) is 0 Å². The third kappa shape index (κ3) is 11.3. The van der Waals surface area contributed by atoms with E-state index in [2.05, 4.69) is 20.9 Å². The molecule has 44 heavy (non-hydrogen) atoms. The van der Waals surface area contributed by atoms with Gasteiger partial charge in [0, 0.05) is 35.9 Å². The van der Waals surface area contributed by atoms with Crippen LogP contribution in [0.1, 0.15) is 57.9 Å². The number of unbranched alkanes of at least 4 members (excludes halogenated alkanes) is 1. The Morgan fingerprint density at radius 1 is 0.886 bits per heavy atom. The molecule has 0 radical (unpaired) electrons. The standard InChI is InChI=1S/C29H43N7O8/c1-16(2)11-17(13-24(37)36-44)27(41)34-22(12-18-15-32-20-8-4-3-7-19(18)20)28(42)35-23(14-25(38)39)29(43)33-21(26(31)40)9-5-6-10-30/h3-4,7-8,15-17,21-23,32,44H,5-6,9-14,30H2,1-2H3,(H2,31,40)(H,33,43)(H,34,41)(H,35,42)(H,36,37)(H,38,39)/t17-,21+,22+,23+/m1/s1. The number of amides is 5. The Hall–Kier alpha value is -4.50. The van der Waals surface area contributed by atoms with Crippen molar-refractivity contribution in [2.75, 3.05) is 6.54 Å². The normalized spacial score (nSPS) is 13.8. The van der Waals surface area contributed by atoms with E-state index in [0.29, 0.717) is 24.9 Å². The number of para-hydroxylation sites is 1. The molecule has 1 heterocycles. The number of rotatable bonds is 19. The van der Waals surface area contributed by atoms with Gasteiger partial charge in [-0.15, -0.1) is 0 Å². The molecule has 0 saturated heterocycles. The highest BCUT2D eigenvalue weighted by atomic mass is 16.5. The Bertz CT molecular complexity index is 1310. The van der Waals surface area contributed by atoms with Crippen LogP contribution in [-0.2, 0) is 35.2 Å². The number of H-pyrrole nitrogens is 1. The number of fused-ring (bicyclic) bond motifs is 1. The number of carboxylic acids is 1. The highest BCUT2D eigenvalue weighted by Gasteiger charge is 2.33.